The molecule has 0 spiro atoms. The summed E-state index contributed by atoms with van der Waals surface area (Å²) >= 11 is 1.43. The lowest BCUT2D eigenvalue weighted by molar-refractivity contribution is 0.0992. The molecule has 0 aliphatic heterocycles. The van der Waals surface area contributed by atoms with E-state index in [0.29, 0.717) is 22.9 Å². The van der Waals surface area contributed by atoms with Crippen LogP contribution in [0.4, 0.5) is 5.69 Å². The molecule has 0 fully saturated rings. The normalized spacial score (nSPS) is 10.7. The Morgan fingerprint density at radius 1 is 1.17 bits per heavy atom. The first-order valence-corrected chi connectivity index (χ1v) is 8.27. The van der Waals surface area contributed by atoms with Gasteiger partial charge in [-0.1, -0.05) is 53.8 Å². The summed E-state index contributed by atoms with van der Waals surface area (Å²) in [5.41, 5.74) is 8.97. The number of hydrogen-bond acceptors (Lipinski definition) is 6. The van der Waals surface area contributed by atoms with Crippen LogP contribution in [0.15, 0.2) is 48.5 Å². The van der Waals surface area contributed by atoms with Crippen molar-refractivity contribution in [2.75, 3.05) is 12.8 Å². The van der Waals surface area contributed by atoms with E-state index < -0.39 is 0 Å². The number of carbonyl (C=O) groups excluding carboxylic acids is 1. The first-order valence-electron chi connectivity index (χ1n) is 7.45. The number of ketones is 1. The Morgan fingerprint density at radius 3 is 2.67 bits per heavy atom. The van der Waals surface area contributed by atoms with Gasteiger partial charge in [0.05, 0.1) is 13.0 Å². The molecule has 122 valence electrons. The van der Waals surface area contributed by atoms with Crippen LogP contribution in [0, 0.1) is 0 Å². The molecule has 5 nitrogen and oxygen atoms in total. The average molecular weight is 339 g/mol. The minimum Gasteiger partial charge on any atom is -0.398 e. The van der Waals surface area contributed by atoms with Crippen LogP contribution in [0.5, 0.6) is 0 Å². The molecule has 0 radical (unpaired) electrons. The summed E-state index contributed by atoms with van der Waals surface area (Å²) < 4.78 is 5.07. The quantitative estimate of drug-likeness (QED) is 0.550. The lowest BCUT2D eigenvalue weighted by Crippen LogP contribution is -2.05. The number of nitrogens with zero attached hydrogens (tertiary/aromatic N) is 2. The lowest BCUT2D eigenvalue weighted by Gasteiger charge is -2.06. The molecule has 0 saturated heterocycles. The topological polar surface area (TPSA) is 78.1 Å². The molecule has 1 aromatic heterocycles. The van der Waals surface area contributed by atoms with Crippen molar-refractivity contribution in [1.82, 2.24) is 10.2 Å². The molecule has 2 N–H and O–H groups in total. The van der Waals surface area contributed by atoms with Crippen molar-refractivity contribution in [1.29, 1.82) is 0 Å². The number of carbonyl (C=O) groups is 1. The minimum absolute atomic E-state index is 0.0265. The van der Waals surface area contributed by atoms with Crippen LogP contribution in [-0.2, 0) is 17.8 Å². The molecule has 2 aromatic carbocycles. The van der Waals surface area contributed by atoms with Gasteiger partial charge in [-0.3, -0.25) is 4.79 Å². The van der Waals surface area contributed by atoms with E-state index in [1.807, 2.05) is 36.4 Å². The average Bonchev–Trinajstić information content (AvgIpc) is 3.06. The molecule has 0 bridgehead atoms. The smallest absolute Gasteiger partial charge is 0.169 e. The summed E-state index contributed by atoms with van der Waals surface area (Å²) in [6, 6.07) is 15.1. The van der Waals surface area contributed by atoms with Gasteiger partial charge in [-0.25, -0.2) is 0 Å². The van der Waals surface area contributed by atoms with Crippen molar-refractivity contribution in [2.45, 2.75) is 13.0 Å². The molecular weight excluding hydrogens is 322 g/mol. The second-order valence-corrected chi connectivity index (χ2v) is 6.38. The Kier molecular flexibility index (Phi) is 4.98. The van der Waals surface area contributed by atoms with Crippen LogP contribution >= 0.6 is 11.3 Å². The first-order chi connectivity index (χ1) is 11.7. The fourth-order valence-electron chi connectivity index (χ4n) is 2.32. The fourth-order valence-corrected chi connectivity index (χ4v) is 3.16. The van der Waals surface area contributed by atoms with Crippen molar-refractivity contribution < 1.29 is 9.53 Å². The Morgan fingerprint density at radius 2 is 1.96 bits per heavy atom. The maximum atomic E-state index is 12.4. The Labute approximate surface area is 144 Å². The van der Waals surface area contributed by atoms with Gasteiger partial charge in [0.25, 0.3) is 0 Å². The molecule has 0 amide bonds. The third kappa shape index (κ3) is 3.67. The molecule has 3 aromatic rings. The molecule has 0 aliphatic carbocycles. The maximum Gasteiger partial charge on any atom is 0.169 e. The molecule has 0 unspecified atom stereocenters. The number of benzene rings is 2. The van der Waals surface area contributed by atoms with Crippen molar-refractivity contribution in [3.8, 4) is 10.6 Å². The van der Waals surface area contributed by atoms with E-state index in [4.69, 9.17) is 10.5 Å². The molecule has 0 saturated carbocycles. The summed E-state index contributed by atoms with van der Waals surface area (Å²) in [7, 11) is 1.61. The number of Topliss-reactive ketones (excluding diaryl/α,β-unsaturated/α-hetero) is 1. The van der Waals surface area contributed by atoms with Gasteiger partial charge < -0.3 is 10.5 Å². The molecule has 0 atom stereocenters. The van der Waals surface area contributed by atoms with Gasteiger partial charge in [0, 0.05) is 29.5 Å². The second kappa shape index (κ2) is 7.33. The van der Waals surface area contributed by atoms with Gasteiger partial charge in [0.15, 0.2) is 5.78 Å². The van der Waals surface area contributed by atoms with Gasteiger partial charge in [-0.05, 0) is 6.07 Å². The molecule has 0 aliphatic rings. The van der Waals surface area contributed by atoms with E-state index in [2.05, 4.69) is 10.2 Å². The molecule has 1 heterocycles. The van der Waals surface area contributed by atoms with E-state index >= 15 is 0 Å². The number of nitrogen functional groups attached to an aromatic ring is 1. The van der Waals surface area contributed by atoms with E-state index in [1.54, 1.807) is 19.2 Å². The summed E-state index contributed by atoms with van der Waals surface area (Å²) in [4.78, 5) is 12.4. The van der Waals surface area contributed by atoms with Crippen LogP contribution in [0.3, 0.4) is 0 Å². The molecule has 24 heavy (non-hydrogen) atoms. The Balaban J connectivity index is 1.73. The number of ether oxygens (including phenoxy) is 1. The highest BCUT2D eigenvalue weighted by Crippen LogP contribution is 2.24. The van der Waals surface area contributed by atoms with Gasteiger partial charge in [0.1, 0.15) is 10.0 Å². The zero-order chi connectivity index (χ0) is 16.9. The highest BCUT2D eigenvalue weighted by atomic mass is 32.1. The van der Waals surface area contributed by atoms with Crippen LogP contribution in [0.2, 0.25) is 0 Å². The second-order valence-electron chi connectivity index (χ2n) is 5.31. The Bertz CT molecular complexity index is 846. The summed E-state index contributed by atoms with van der Waals surface area (Å²) in [6.07, 6.45) is 0.216. The summed E-state index contributed by atoms with van der Waals surface area (Å²) in [5.74, 6) is -0.0265. The number of anilines is 1. The van der Waals surface area contributed by atoms with E-state index in [-0.39, 0.29) is 12.2 Å². The third-order valence-corrected chi connectivity index (χ3v) is 4.54. The Hall–Kier alpha value is -2.57. The van der Waals surface area contributed by atoms with Gasteiger partial charge in [-0.2, -0.15) is 0 Å². The molecular formula is C18H17N3O2S. The van der Waals surface area contributed by atoms with Crippen molar-refractivity contribution in [3.63, 3.8) is 0 Å². The lowest BCUT2D eigenvalue weighted by atomic mass is 10.0. The van der Waals surface area contributed by atoms with E-state index in [0.717, 1.165) is 16.1 Å². The van der Waals surface area contributed by atoms with Gasteiger partial charge in [0.2, 0.25) is 0 Å². The largest absolute Gasteiger partial charge is 0.398 e. The van der Waals surface area contributed by atoms with Crippen molar-refractivity contribution in [3.05, 3.63) is 64.7 Å². The van der Waals surface area contributed by atoms with E-state index in [9.17, 15) is 4.79 Å². The fraction of sp³-hybridized carbons (Fsp3) is 0.167. The predicted octanol–water partition coefficient (Wildman–Crippen LogP) is 3.36. The minimum atomic E-state index is -0.0265. The highest BCUT2D eigenvalue weighted by Gasteiger charge is 2.13. The van der Waals surface area contributed by atoms with Gasteiger partial charge in [-0.15, -0.1) is 10.2 Å². The predicted molar refractivity (Wildman–Crippen MR) is 94.9 cm³/mol. The van der Waals surface area contributed by atoms with Crippen LogP contribution in [-0.4, -0.2) is 23.1 Å². The van der Waals surface area contributed by atoms with Crippen LogP contribution in [0.25, 0.3) is 10.6 Å². The standard InChI is InChI=1S/C18H17N3O2S/c1-23-11-14-8-7-13(9-15(14)19)16(22)10-17-20-21-18(24-17)12-5-3-2-4-6-12/h2-9H,10-11,19H2,1H3. The number of methoxy groups -OCH3 is 1. The number of hydrogen-bond donors (Lipinski definition) is 1. The SMILES string of the molecule is COCc1ccc(C(=O)Cc2nnc(-c3ccccc3)s2)cc1N. The highest BCUT2D eigenvalue weighted by molar-refractivity contribution is 7.14. The van der Waals surface area contributed by atoms with Crippen LogP contribution in [0.1, 0.15) is 20.9 Å². The van der Waals surface area contributed by atoms with Crippen LogP contribution < -0.4 is 5.73 Å². The summed E-state index contributed by atoms with van der Waals surface area (Å²) in [6.45, 7) is 0.428. The van der Waals surface area contributed by atoms with Gasteiger partial charge >= 0.3 is 0 Å². The zero-order valence-corrected chi connectivity index (χ0v) is 14.0. The first kappa shape index (κ1) is 16.3. The zero-order valence-electron chi connectivity index (χ0n) is 13.2. The molecule has 6 heteroatoms. The number of rotatable bonds is 6. The number of aromatic nitrogens is 2. The van der Waals surface area contributed by atoms with Crippen molar-refractivity contribution >= 4 is 22.8 Å². The summed E-state index contributed by atoms with van der Waals surface area (Å²) in [5, 5.41) is 9.79. The van der Waals surface area contributed by atoms with Crippen molar-refractivity contribution in [2.24, 2.45) is 0 Å². The number of nitrogens with two attached hydrogens (primary N) is 1. The maximum absolute atomic E-state index is 12.4. The van der Waals surface area contributed by atoms with E-state index in [1.165, 1.54) is 11.3 Å². The molecule has 3 rings (SSSR count). The monoisotopic (exact) mass is 339 g/mol. The third-order valence-electron chi connectivity index (χ3n) is 3.57.